The first-order valence-electron chi connectivity index (χ1n) is 8.46. The lowest BCUT2D eigenvalue weighted by Crippen LogP contribution is -2.37. The fourth-order valence-corrected chi connectivity index (χ4v) is 3.57. The van der Waals surface area contributed by atoms with Crippen LogP contribution in [0.1, 0.15) is 24.0 Å². The van der Waals surface area contributed by atoms with E-state index in [1.165, 1.54) is 6.26 Å². The van der Waals surface area contributed by atoms with Crippen LogP contribution in [0.5, 0.6) is 0 Å². The van der Waals surface area contributed by atoms with E-state index in [2.05, 4.69) is 25.8 Å². The Morgan fingerprint density at radius 2 is 1.92 bits per heavy atom. The SMILES string of the molecule is CN=C(NCCCCn1cnnc1)NCc1ccc(S(C)(=O)=O)c(C)c1. The van der Waals surface area contributed by atoms with Gasteiger partial charge in [0.05, 0.1) is 4.90 Å². The molecule has 26 heavy (non-hydrogen) atoms. The first kappa shape index (κ1) is 19.9. The molecule has 0 spiro atoms. The van der Waals surface area contributed by atoms with Crippen molar-refractivity contribution >= 4 is 15.8 Å². The van der Waals surface area contributed by atoms with E-state index in [-0.39, 0.29) is 0 Å². The molecule has 0 saturated carbocycles. The summed E-state index contributed by atoms with van der Waals surface area (Å²) in [5, 5.41) is 14.1. The Balaban J connectivity index is 1.75. The van der Waals surface area contributed by atoms with Crippen LogP contribution in [-0.4, -0.2) is 49.0 Å². The number of hydrogen-bond acceptors (Lipinski definition) is 5. The summed E-state index contributed by atoms with van der Waals surface area (Å²) in [6, 6.07) is 5.36. The number of nitrogens with one attached hydrogen (secondary N) is 2. The molecule has 9 heteroatoms. The Morgan fingerprint density at radius 3 is 2.54 bits per heavy atom. The molecule has 0 saturated heterocycles. The molecule has 1 aromatic carbocycles. The lowest BCUT2D eigenvalue weighted by Gasteiger charge is -2.13. The second kappa shape index (κ2) is 9.33. The maximum absolute atomic E-state index is 11.7. The van der Waals surface area contributed by atoms with E-state index >= 15 is 0 Å². The predicted octanol–water partition coefficient (Wildman–Crippen LogP) is 1.14. The normalized spacial score (nSPS) is 12.2. The van der Waals surface area contributed by atoms with Crippen molar-refractivity contribution in [1.29, 1.82) is 0 Å². The van der Waals surface area contributed by atoms with Gasteiger partial charge in [0.15, 0.2) is 15.8 Å². The fraction of sp³-hybridized carbons (Fsp3) is 0.471. The fourth-order valence-electron chi connectivity index (χ4n) is 2.61. The molecule has 0 aliphatic carbocycles. The van der Waals surface area contributed by atoms with Gasteiger partial charge < -0.3 is 15.2 Å². The number of rotatable bonds is 8. The molecule has 8 nitrogen and oxygen atoms in total. The Morgan fingerprint density at radius 1 is 1.19 bits per heavy atom. The summed E-state index contributed by atoms with van der Waals surface area (Å²) in [5.41, 5.74) is 1.76. The maximum atomic E-state index is 11.7. The number of unbranched alkanes of at least 4 members (excludes halogenated alkanes) is 1. The topological polar surface area (TPSA) is 101 Å². The van der Waals surface area contributed by atoms with Crippen LogP contribution in [0, 0.1) is 6.92 Å². The van der Waals surface area contributed by atoms with Crippen molar-refractivity contribution in [2.45, 2.75) is 37.8 Å². The molecule has 1 aromatic heterocycles. The first-order chi connectivity index (χ1) is 12.4. The van der Waals surface area contributed by atoms with E-state index in [0.717, 1.165) is 43.0 Å². The molecule has 1 heterocycles. The average molecular weight is 379 g/mol. The Labute approximate surface area is 154 Å². The molecule has 2 N–H and O–H groups in total. The molecular formula is C17H26N6O2S. The highest BCUT2D eigenvalue weighted by Gasteiger charge is 2.10. The lowest BCUT2D eigenvalue weighted by molar-refractivity contribution is 0.597. The minimum atomic E-state index is -3.19. The van der Waals surface area contributed by atoms with Gasteiger partial charge in [-0.3, -0.25) is 4.99 Å². The monoisotopic (exact) mass is 378 g/mol. The van der Waals surface area contributed by atoms with Crippen LogP contribution in [0.2, 0.25) is 0 Å². The van der Waals surface area contributed by atoms with E-state index in [0.29, 0.717) is 11.4 Å². The molecule has 2 aromatic rings. The van der Waals surface area contributed by atoms with Crippen molar-refractivity contribution in [3.63, 3.8) is 0 Å². The summed E-state index contributed by atoms with van der Waals surface area (Å²) in [7, 11) is -1.46. The summed E-state index contributed by atoms with van der Waals surface area (Å²) in [4.78, 5) is 4.58. The van der Waals surface area contributed by atoms with Crippen molar-refractivity contribution in [2.75, 3.05) is 19.8 Å². The molecule has 0 amide bonds. The van der Waals surface area contributed by atoms with Gasteiger partial charge in [0, 0.05) is 32.9 Å². The standard InChI is InChI=1S/C17H26N6O2S/c1-14-10-15(6-7-16(14)26(3,24)25)11-20-17(18-2)19-8-4-5-9-23-12-21-22-13-23/h6-7,10,12-13H,4-5,8-9,11H2,1-3H3,(H2,18,19,20). The predicted molar refractivity (Wildman–Crippen MR) is 102 cm³/mol. The Hall–Kier alpha value is -2.42. The van der Waals surface area contributed by atoms with Crippen LogP contribution in [0.25, 0.3) is 0 Å². The first-order valence-corrected chi connectivity index (χ1v) is 10.4. The van der Waals surface area contributed by atoms with Crippen LogP contribution >= 0.6 is 0 Å². The molecule has 0 bridgehead atoms. The summed E-state index contributed by atoms with van der Waals surface area (Å²) in [6.45, 7) is 4.09. The third-order valence-electron chi connectivity index (χ3n) is 3.92. The highest BCUT2D eigenvalue weighted by atomic mass is 32.2. The number of aromatic nitrogens is 3. The summed E-state index contributed by atoms with van der Waals surface area (Å²) in [5.74, 6) is 0.721. The van der Waals surface area contributed by atoms with Crippen LogP contribution in [0.4, 0.5) is 0 Å². The lowest BCUT2D eigenvalue weighted by atomic mass is 10.1. The number of hydrogen-bond donors (Lipinski definition) is 2. The molecule has 0 fully saturated rings. The molecule has 2 rings (SSSR count). The zero-order valence-corrected chi connectivity index (χ0v) is 16.3. The average Bonchev–Trinajstić information content (AvgIpc) is 3.09. The van der Waals surface area contributed by atoms with Gasteiger partial charge in [-0.25, -0.2) is 8.42 Å². The number of aliphatic imine (C=N–C) groups is 1. The summed E-state index contributed by atoms with van der Waals surface area (Å²) < 4.78 is 25.3. The van der Waals surface area contributed by atoms with Gasteiger partial charge in [-0.05, 0) is 37.0 Å². The van der Waals surface area contributed by atoms with Crippen LogP contribution in [-0.2, 0) is 22.9 Å². The third kappa shape index (κ3) is 6.14. The summed E-state index contributed by atoms with van der Waals surface area (Å²) in [6.07, 6.45) is 6.67. The van der Waals surface area contributed by atoms with Gasteiger partial charge in [0.25, 0.3) is 0 Å². The van der Waals surface area contributed by atoms with E-state index in [4.69, 9.17) is 0 Å². The number of benzene rings is 1. The van der Waals surface area contributed by atoms with Gasteiger partial charge in [-0.2, -0.15) is 0 Å². The maximum Gasteiger partial charge on any atom is 0.191 e. The third-order valence-corrected chi connectivity index (χ3v) is 5.18. The molecule has 142 valence electrons. The highest BCUT2D eigenvalue weighted by Crippen LogP contribution is 2.16. The van der Waals surface area contributed by atoms with Crippen molar-refractivity contribution in [3.8, 4) is 0 Å². The Kier molecular flexibility index (Phi) is 7.14. The van der Waals surface area contributed by atoms with Gasteiger partial charge in [-0.1, -0.05) is 12.1 Å². The minimum Gasteiger partial charge on any atom is -0.356 e. The van der Waals surface area contributed by atoms with Crippen LogP contribution < -0.4 is 10.6 Å². The van der Waals surface area contributed by atoms with Crippen molar-refractivity contribution in [3.05, 3.63) is 42.0 Å². The second-order valence-corrected chi connectivity index (χ2v) is 8.12. The van der Waals surface area contributed by atoms with Crippen LogP contribution in [0.3, 0.4) is 0 Å². The van der Waals surface area contributed by atoms with Crippen LogP contribution in [0.15, 0.2) is 40.7 Å². The highest BCUT2D eigenvalue weighted by molar-refractivity contribution is 7.90. The molecule has 0 aliphatic rings. The largest absolute Gasteiger partial charge is 0.356 e. The van der Waals surface area contributed by atoms with E-state index < -0.39 is 9.84 Å². The molecule has 0 unspecified atom stereocenters. The number of nitrogens with zero attached hydrogens (tertiary/aromatic N) is 4. The molecule has 0 atom stereocenters. The van der Waals surface area contributed by atoms with Crippen molar-refractivity contribution in [2.24, 2.45) is 4.99 Å². The number of guanidine groups is 1. The van der Waals surface area contributed by atoms with Gasteiger partial charge in [0.1, 0.15) is 12.7 Å². The Bertz CT molecular complexity index is 831. The van der Waals surface area contributed by atoms with Crippen molar-refractivity contribution < 1.29 is 8.42 Å². The van der Waals surface area contributed by atoms with E-state index in [1.807, 2.05) is 23.6 Å². The van der Waals surface area contributed by atoms with E-state index in [9.17, 15) is 8.42 Å². The quantitative estimate of drug-likeness (QED) is 0.406. The van der Waals surface area contributed by atoms with E-state index in [1.54, 1.807) is 25.8 Å². The summed E-state index contributed by atoms with van der Waals surface area (Å²) >= 11 is 0. The second-order valence-electron chi connectivity index (χ2n) is 6.13. The van der Waals surface area contributed by atoms with Gasteiger partial charge in [-0.15, -0.1) is 10.2 Å². The number of sulfone groups is 1. The molecular weight excluding hydrogens is 352 g/mol. The minimum absolute atomic E-state index is 0.372. The smallest absolute Gasteiger partial charge is 0.191 e. The van der Waals surface area contributed by atoms with Crippen molar-refractivity contribution in [1.82, 2.24) is 25.4 Å². The van der Waals surface area contributed by atoms with Gasteiger partial charge >= 0.3 is 0 Å². The molecule has 0 aliphatic heterocycles. The molecule has 0 radical (unpaired) electrons. The zero-order valence-electron chi connectivity index (χ0n) is 15.4. The zero-order chi connectivity index (χ0) is 19.0. The number of aryl methyl sites for hydroxylation is 2. The van der Waals surface area contributed by atoms with Gasteiger partial charge in [0.2, 0.25) is 0 Å².